The van der Waals surface area contributed by atoms with Crippen molar-refractivity contribution in [1.82, 2.24) is 0 Å². The third-order valence-electron chi connectivity index (χ3n) is 1.31. The molecule has 0 radical (unpaired) electrons. The van der Waals surface area contributed by atoms with Crippen LogP contribution in [0.1, 0.15) is 34.6 Å². The van der Waals surface area contributed by atoms with Gasteiger partial charge < -0.3 is 13.3 Å². The van der Waals surface area contributed by atoms with Gasteiger partial charge in [-0.1, -0.05) is 0 Å². The molecule has 0 aliphatic rings. The largest absolute Gasteiger partial charge is 0.707 e. The standard InChI is InChI=1S/C9H22O5Si/c1-6-10-15(11-7-2,12-8-3)14-13-9(4)5/h9H,6-8H2,1-5H3. The van der Waals surface area contributed by atoms with E-state index in [9.17, 15) is 0 Å². The Morgan fingerprint density at radius 3 is 1.53 bits per heavy atom. The van der Waals surface area contributed by atoms with Gasteiger partial charge in [-0.25, -0.2) is 4.89 Å². The molecule has 0 saturated carbocycles. The molecule has 0 saturated heterocycles. The molecule has 0 atom stereocenters. The highest BCUT2D eigenvalue weighted by molar-refractivity contribution is 6.53. The molecule has 0 N–H and O–H groups in total. The normalized spacial score (nSPS) is 12.4. The summed E-state index contributed by atoms with van der Waals surface area (Å²) in [5, 5.41) is 0. The predicted molar refractivity (Wildman–Crippen MR) is 57.9 cm³/mol. The van der Waals surface area contributed by atoms with Crippen molar-refractivity contribution in [2.45, 2.75) is 40.7 Å². The predicted octanol–water partition coefficient (Wildman–Crippen LogP) is 1.89. The first-order valence-electron chi connectivity index (χ1n) is 5.36. The van der Waals surface area contributed by atoms with Gasteiger partial charge in [0.15, 0.2) is 0 Å². The van der Waals surface area contributed by atoms with E-state index in [1.54, 1.807) is 0 Å². The van der Waals surface area contributed by atoms with Gasteiger partial charge >= 0.3 is 9.05 Å². The molecule has 5 nitrogen and oxygen atoms in total. The van der Waals surface area contributed by atoms with Gasteiger partial charge in [0, 0.05) is 19.8 Å². The quantitative estimate of drug-likeness (QED) is 0.349. The van der Waals surface area contributed by atoms with Crippen LogP contribution in [-0.2, 0) is 22.7 Å². The topological polar surface area (TPSA) is 46.2 Å². The van der Waals surface area contributed by atoms with E-state index in [2.05, 4.69) is 0 Å². The Hall–Kier alpha value is 0.0169. The van der Waals surface area contributed by atoms with Gasteiger partial charge in [0.1, 0.15) is 0 Å². The molecule has 0 aliphatic heterocycles. The van der Waals surface area contributed by atoms with Gasteiger partial charge in [0.05, 0.1) is 6.10 Å². The molecule has 0 amide bonds. The van der Waals surface area contributed by atoms with Crippen molar-refractivity contribution in [3.63, 3.8) is 0 Å². The first-order chi connectivity index (χ1) is 7.10. The summed E-state index contributed by atoms with van der Waals surface area (Å²) in [4.78, 5) is 5.05. The van der Waals surface area contributed by atoms with Crippen LogP contribution in [-0.4, -0.2) is 35.0 Å². The Labute approximate surface area is 93.0 Å². The molecular weight excluding hydrogens is 216 g/mol. The zero-order valence-electron chi connectivity index (χ0n) is 10.2. The van der Waals surface area contributed by atoms with E-state index in [0.29, 0.717) is 19.8 Å². The van der Waals surface area contributed by atoms with Crippen LogP contribution in [0.2, 0.25) is 0 Å². The lowest BCUT2D eigenvalue weighted by Gasteiger charge is -2.26. The summed E-state index contributed by atoms with van der Waals surface area (Å²) < 4.78 is 21.4. The number of rotatable bonds is 9. The monoisotopic (exact) mass is 238 g/mol. The van der Waals surface area contributed by atoms with E-state index in [1.165, 1.54) is 0 Å². The van der Waals surface area contributed by atoms with Crippen molar-refractivity contribution >= 4 is 9.05 Å². The zero-order chi connectivity index (χ0) is 11.7. The number of hydrogen-bond donors (Lipinski definition) is 0. The molecule has 0 aliphatic carbocycles. The molecule has 15 heavy (non-hydrogen) atoms. The smallest absolute Gasteiger partial charge is 0.350 e. The molecule has 6 heteroatoms. The molecular formula is C9H22O5Si. The minimum absolute atomic E-state index is 0.0572. The van der Waals surface area contributed by atoms with Crippen LogP contribution in [0.5, 0.6) is 0 Å². The molecule has 0 fully saturated rings. The summed E-state index contributed by atoms with van der Waals surface area (Å²) in [6.07, 6.45) is -0.0572. The summed E-state index contributed by atoms with van der Waals surface area (Å²) in [5.41, 5.74) is 0. The van der Waals surface area contributed by atoms with Crippen molar-refractivity contribution in [1.29, 1.82) is 0 Å². The first-order valence-corrected chi connectivity index (χ1v) is 6.99. The van der Waals surface area contributed by atoms with Crippen molar-refractivity contribution in [2.75, 3.05) is 19.8 Å². The van der Waals surface area contributed by atoms with E-state index < -0.39 is 9.05 Å². The maximum atomic E-state index is 5.41. The van der Waals surface area contributed by atoms with E-state index >= 15 is 0 Å². The van der Waals surface area contributed by atoms with Crippen molar-refractivity contribution in [3.8, 4) is 0 Å². The molecule has 0 aromatic carbocycles. The summed E-state index contributed by atoms with van der Waals surface area (Å²) in [7, 11) is -3.08. The maximum Gasteiger partial charge on any atom is 0.707 e. The molecule has 0 aromatic heterocycles. The molecule has 0 aromatic rings. The SMILES string of the molecule is CCO[Si](OCC)(OCC)OOC(C)C. The van der Waals surface area contributed by atoms with Crippen LogP contribution in [0.25, 0.3) is 0 Å². The zero-order valence-corrected chi connectivity index (χ0v) is 11.2. The van der Waals surface area contributed by atoms with Gasteiger partial charge in [0.25, 0.3) is 0 Å². The van der Waals surface area contributed by atoms with E-state index in [1.807, 2.05) is 34.6 Å². The first kappa shape index (κ1) is 15.0. The second-order valence-electron chi connectivity index (χ2n) is 3.03. The van der Waals surface area contributed by atoms with Crippen LogP contribution >= 0.6 is 0 Å². The van der Waals surface area contributed by atoms with Gasteiger partial charge in [-0.15, -0.1) is 0 Å². The lowest BCUT2D eigenvalue weighted by molar-refractivity contribution is -0.295. The van der Waals surface area contributed by atoms with E-state index in [4.69, 9.17) is 22.7 Å². The van der Waals surface area contributed by atoms with Crippen molar-refractivity contribution < 1.29 is 22.7 Å². The second kappa shape index (κ2) is 8.20. The van der Waals surface area contributed by atoms with E-state index in [-0.39, 0.29) is 6.10 Å². The fraction of sp³-hybridized carbons (Fsp3) is 1.00. The average molecular weight is 238 g/mol. The second-order valence-corrected chi connectivity index (χ2v) is 5.06. The summed E-state index contributed by atoms with van der Waals surface area (Å²) >= 11 is 0. The highest BCUT2D eigenvalue weighted by Gasteiger charge is 2.47. The highest BCUT2D eigenvalue weighted by atomic mass is 28.4. The van der Waals surface area contributed by atoms with Crippen LogP contribution in [0.4, 0.5) is 0 Å². The van der Waals surface area contributed by atoms with Gasteiger partial charge in [0.2, 0.25) is 0 Å². The molecule has 0 bridgehead atoms. The molecule has 92 valence electrons. The van der Waals surface area contributed by atoms with Crippen molar-refractivity contribution in [2.24, 2.45) is 0 Å². The average Bonchev–Trinajstić information content (AvgIpc) is 2.16. The summed E-state index contributed by atoms with van der Waals surface area (Å²) in [6, 6.07) is 0. The fourth-order valence-electron chi connectivity index (χ4n) is 0.883. The Bertz CT molecular complexity index is 136. The third kappa shape index (κ3) is 6.24. The van der Waals surface area contributed by atoms with Crippen LogP contribution in [0.15, 0.2) is 0 Å². The lowest BCUT2D eigenvalue weighted by Crippen LogP contribution is -2.49. The van der Waals surface area contributed by atoms with Gasteiger partial charge in [-0.2, -0.15) is 4.58 Å². The molecule has 0 heterocycles. The molecule has 0 spiro atoms. The number of hydrogen-bond acceptors (Lipinski definition) is 5. The van der Waals surface area contributed by atoms with Crippen LogP contribution < -0.4 is 0 Å². The maximum absolute atomic E-state index is 5.41. The lowest BCUT2D eigenvalue weighted by atomic mass is 10.5. The minimum atomic E-state index is -3.08. The summed E-state index contributed by atoms with van der Waals surface area (Å²) in [5.74, 6) is 0. The van der Waals surface area contributed by atoms with Crippen molar-refractivity contribution in [3.05, 3.63) is 0 Å². The van der Waals surface area contributed by atoms with E-state index in [0.717, 1.165) is 0 Å². The Kier molecular flexibility index (Phi) is 8.21. The minimum Gasteiger partial charge on any atom is -0.350 e. The third-order valence-corrected chi connectivity index (χ3v) is 3.53. The van der Waals surface area contributed by atoms with Crippen LogP contribution in [0, 0.1) is 0 Å². The summed E-state index contributed by atoms with van der Waals surface area (Å²) in [6.45, 7) is 10.7. The van der Waals surface area contributed by atoms with Gasteiger partial charge in [-0.3, -0.25) is 0 Å². The Balaban J connectivity index is 4.31. The highest BCUT2D eigenvalue weighted by Crippen LogP contribution is 2.13. The van der Waals surface area contributed by atoms with Crippen LogP contribution in [0.3, 0.4) is 0 Å². The molecule has 0 unspecified atom stereocenters. The Morgan fingerprint density at radius 1 is 0.867 bits per heavy atom. The Morgan fingerprint density at radius 2 is 1.27 bits per heavy atom. The fourth-order valence-corrected chi connectivity index (χ4v) is 2.65. The van der Waals surface area contributed by atoms with Gasteiger partial charge in [-0.05, 0) is 34.6 Å². The molecule has 0 rings (SSSR count).